The maximum absolute atomic E-state index is 13.4. The Morgan fingerprint density at radius 3 is 2.35 bits per heavy atom. The molecule has 0 bridgehead atoms. The standard InChI is InChI=1S/C31H27ClN6O2/c32-26-14-12-23(13-15-26)29-25(21-38(36-29)27-10-5-2-6-11-27)20-28(35-30(39)24-8-3-1-4-9-24)31(40)34-16-7-18-37-19-17-33-22-37/h1-6,8-15,17,19-22H,7,16,18H2,(H,34,40)(H,35,39). The van der Waals surface area contributed by atoms with E-state index in [1.165, 1.54) is 0 Å². The molecule has 5 rings (SSSR count). The molecule has 0 radical (unpaired) electrons. The molecule has 0 fully saturated rings. The van der Waals surface area contributed by atoms with Crippen molar-refractivity contribution in [2.75, 3.05) is 6.54 Å². The lowest BCUT2D eigenvalue weighted by Gasteiger charge is -2.11. The summed E-state index contributed by atoms with van der Waals surface area (Å²) < 4.78 is 3.69. The van der Waals surface area contributed by atoms with Crippen molar-refractivity contribution in [3.05, 3.63) is 132 Å². The van der Waals surface area contributed by atoms with Crippen LogP contribution in [0.1, 0.15) is 22.3 Å². The zero-order valence-corrected chi connectivity index (χ0v) is 22.3. The van der Waals surface area contributed by atoms with Crippen LogP contribution in [0.3, 0.4) is 0 Å². The molecule has 0 aliphatic carbocycles. The van der Waals surface area contributed by atoms with Gasteiger partial charge in [-0.05, 0) is 48.9 Å². The number of benzene rings is 3. The van der Waals surface area contributed by atoms with E-state index in [0.717, 1.165) is 11.3 Å². The molecule has 0 aliphatic heterocycles. The fourth-order valence-electron chi connectivity index (χ4n) is 4.11. The van der Waals surface area contributed by atoms with Gasteiger partial charge in [0.2, 0.25) is 0 Å². The number of aromatic nitrogens is 4. The van der Waals surface area contributed by atoms with E-state index in [-0.39, 0.29) is 11.6 Å². The normalized spacial score (nSPS) is 11.3. The van der Waals surface area contributed by atoms with Gasteiger partial charge in [0, 0.05) is 53.4 Å². The van der Waals surface area contributed by atoms with Gasteiger partial charge in [0.1, 0.15) is 11.4 Å². The van der Waals surface area contributed by atoms with E-state index in [2.05, 4.69) is 15.6 Å². The lowest BCUT2D eigenvalue weighted by Crippen LogP contribution is -2.35. The summed E-state index contributed by atoms with van der Waals surface area (Å²) in [6.07, 6.45) is 9.50. The molecule has 200 valence electrons. The quantitative estimate of drug-likeness (QED) is 0.181. The van der Waals surface area contributed by atoms with E-state index in [1.807, 2.05) is 65.5 Å². The fourth-order valence-corrected chi connectivity index (χ4v) is 4.24. The molecular weight excluding hydrogens is 524 g/mol. The molecule has 0 saturated heterocycles. The number of carbonyl (C=O) groups is 2. The minimum Gasteiger partial charge on any atom is -0.351 e. The summed E-state index contributed by atoms with van der Waals surface area (Å²) in [6, 6.07) is 25.8. The van der Waals surface area contributed by atoms with E-state index < -0.39 is 5.91 Å². The van der Waals surface area contributed by atoms with Gasteiger partial charge in [-0.1, -0.05) is 60.1 Å². The smallest absolute Gasteiger partial charge is 0.267 e. The Morgan fingerprint density at radius 2 is 1.65 bits per heavy atom. The second kappa shape index (κ2) is 12.7. The molecule has 0 aliphatic rings. The number of nitrogens with zero attached hydrogens (tertiary/aromatic N) is 4. The average molecular weight is 551 g/mol. The van der Waals surface area contributed by atoms with E-state index in [0.29, 0.717) is 41.4 Å². The third kappa shape index (κ3) is 6.73. The highest BCUT2D eigenvalue weighted by Gasteiger charge is 2.18. The van der Waals surface area contributed by atoms with Gasteiger partial charge in [-0.3, -0.25) is 9.59 Å². The van der Waals surface area contributed by atoms with Crippen LogP contribution < -0.4 is 10.6 Å². The average Bonchev–Trinajstić information content (AvgIpc) is 3.67. The number of halogens is 1. The largest absolute Gasteiger partial charge is 0.351 e. The van der Waals surface area contributed by atoms with Crippen LogP contribution in [-0.4, -0.2) is 37.7 Å². The summed E-state index contributed by atoms with van der Waals surface area (Å²) in [4.78, 5) is 30.5. The third-order valence-corrected chi connectivity index (χ3v) is 6.40. The van der Waals surface area contributed by atoms with Gasteiger partial charge in [-0.2, -0.15) is 5.10 Å². The van der Waals surface area contributed by atoms with Crippen LogP contribution in [0.4, 0.5) is 0 Å². The molecule has 2 amide bonds. The monoisotopic (exact) mass is 550 g/mol. The maximum Gasteiger partial charge on any atom is 0.267 e. The van der Waals surface area contributed by atoms with Crippen molar-refractivity contribution in [3.63, 3.8) is 0 Å². The minimum absolute atomic E-state index is 0.110. The van der Waals surface area contributed by atoms with Crippen molar-refractivity contribution in [3.8, 4) is 16.9 Å². The molecule has 5 aromatic rings. The first-order valence-corrected chi connectivity index (χ1v) is 13.2. The van der Waals surface area contributed by atoms with Crippen LogP contribution >= 0.6 is 11.6 Å². The second-order valence-corrected chi connectivity index (χ2v) is 9.44. The Morgan fingerprint density at radius 1 is 0.925 bits per heavy atom. The zero-order chi connectivity index (χ0) is 27.7. The fraction of sp³-hybridized carbons (Fsp3) is 0.0968. The molecular formula is C31H27ClN6O2. The molecule has 0 unspecified atom stereocenters. The molecule has 0 spiro atoms. The van der Waals surface area contributed by atoms with Crippen molar-refractivity contribution < 1.29 is 9.59 Å². The van der Waals surface area contributed by atoms with Crippen LogP contribution in [0.25, 0.3) is 23.0 Å². The van der Waals surface area contributed by atoms with Gasteiger partial charge in [0.15, 0.2) is 0 Å². The molecule has 8 nitrogen and oxygen atoms in total. The molecule has 0 atom stereocenters. The van der Waals surface area contributed by atoms with Crippen LogP contribution in [0, 0.1) is 0 Å². The summed E-state index contributed by atoms with van der Waals surface area (Å²) in [6.45, 7) is 1.13. The predicted molar refractivity (Wildman–Crippen MR) is 156 cm³/mol. The second-order valence-electron chi connectivity index (χ2n) is 9.01. The van der Waals surface area contributed by atoms with Gasteiger partial charge in [-0.15, -0.1) is 0 Å². The van der Waals surface area contributed by atoms with E-state index in [9.17, 15) is 9.59 Å². The summed E-state index contributed by atoms with van der Waals surface area (Å²) >= 11 is 6.13. The topological polar surface area (TPSA) is 93.8 Å². The number of hydrogen-bond donors (Lipinski definition) is 2. The Kier molecular flexibility index (Phi) is 8.48. The molecule has 3 aromatic carbocycles. The molecule has 9 heteroatoms. The number of aryl methyl sites for hydroxylation is 1. The molecule has 2 aromatic heterocycles. The van der Waals surface area contributed by atoms with E-state index in [4.69, 9.17) is 16.7 Å². The lowest BCUT2D eigenvalue weighted by atomic mass is 10.1. The Hall–Kier alpha value is -4.95. The SMILES string of the molecule is O=C(NCCCn1ccnc1)C(=Cc1cn(-c2ccccc2)nc1-c1ccc(Cl)cc1)NC(=O)c1ccccc1. The van der Waals surface area contributed by atoms with Crippen LogP contribution in [0.2, 0.25) is 5.02 Å². The first-order valence-electron chi connectivity index (χ1n) is 12.8. The van der Waals surface area contributed by atoms with E-state index >= 15 is 0 Å². The summed E-state index contributed by atoms with van der Waals surface area (Å²) in [5.74, 6) is -0.784. The van der Waals surface area contributed by atoms with Gasteiger partial charge < -0.3 is 15.2 Å². The number of hydrogen-bond acceptors (Lipinski definition) is 4. The number of carbonyl (C=O) groups excluding carboxylic acids is 2. The highest BCUT2D eigenvalue weighted by molar-refractivity contribution is 6.30. The first-order chi connectivity index (χ1) is 19.6. The first kappa shape index (κ1) is 26.6. The Balaban J connectivity index is 1.48. The molecule has 40 heavy (non-hydrogen) atoms. The van der Waals surface area contributed by atoms with Crippen molar-refractivity contribution in [1.29, 1.82) is 0 Å². The van der Waals surface area contributed by atoms with Gasteiger partial charge >= 0.3 is 0 Å². The van der Waals surface area contributed by atoms with Crippen LogP contribution in [0.15, 0.2) is 116 Å². The lowest BCUT2D eigenvalue weighted by molar-refractivity contribution is -0.117. The van der Waals surface area contributed by atoms with Crippen LogP contribution in [0.5, 0.6) is 0 Å². The number of imidazole rings is 1. The highest BCUT2D eigenvalue weighted by Crippen LogP contribution is 2.27. The molecule has 2 N–H and O–H groups in total. The summed E-state index contributed by atoms with van der Waals surface area (Å²) in [7, 11) is 0. The molecule has 0 saturated carbocycles. The number of rotatable bonds is 10. The Bertz CT molecular complexity index is 1600. The summed E-state index contributed by atoms with van der Waals surface area (Å²) in [5.41, 5.74) is 3.53. The Labute approximate surface area is 236 Å². The van der Waals surface area contributed by atoms with Gasteiger partial charge in [0.05, 0.1) is 12.0 Å². The predicted octanol–water partition coefficient (Wildman–Crippen LogP) is 5.37. The maximum atomic E-state index is 13.4. The number of nitrogens with one attached hydrogen (secondary N) is 2. The van der Waals surface area contributed by atoms with Crippen molar-refractivity contribution in [2.24, 2.45) is 0 Å². The van der Waals surface area contributed by atoms with Crippen molar-refractivity contribution in [1.82, 2.24) is 30.0 Å². The van der Waals surface area contributed by atoms with E-state index in [1.54, 1.807) is 59.7 Å². The number of para-hydroxylation sites is 1. The van der Waals surface area contributed by atoms with Crippen molar-refractivity contribution >= 4 is 29.5 Å². The highest BCUT2D eigenvalue weighted by atomic mass is 35.5. The summed E-state index contributed by atoms with van der Waals surface area (Å²) in [5, 5.41) is 11.2. The van der Waals surface area contributed by atoms with Crippen LogP contribution in [-0.2, 0) is 11.3 Å². The van der Waals surface area contributed by atoms with Gasteiger partial charge in [0.25, 0.3) is 11.8 Å². The zero-order valence-electron chi connectivity index (χ0n) is 21.6. The van der Waals surface area contributed by atoms with Crippen molar-refractivity contribution in [2.45, 2.75) is 13.0 Å². The van der Waals surface area contributed by atoms with Gasteiger partial charge in [-0.25, -0.2) is 9.67 Å². The number of amides is 2. The molecule has 2 heterocycles. The third-order valence-electron chi connectivity index (χ3n) is 6.15. The minimum atomic E-state index is -0.399.